The molecular formula is C15H22N2O. The average Bonchev–Trinajstić information content (AvgIpc) is 2.71. The zero-order chi connectivity index (χ0) is 12.6. The molecular weight excluding hydrogens is 224 g/mol. The molecule has 0 amide bonds. The summed E-state index contributed by atoms with van der Waals surface area (Å²) in [4.78, 5) is 6.91. The van der Waals surface area contributed by atoms with Gasteiger partial charge in [-0.25, -0.2) is 4.98 Å². The molecule has 3 heteroatoms. The van der Waals surface area contributed by atoms with Crippen LogP contribution in [-0.2, 0) is 0 Å². The highest BCUT2D eigenvalue weighted by Gasteiger charge is 2.45. The highest BCUT2D eigenvalue weighted by atomic mass is 16.3. The van der Waals surface area contributed by atoms with Crippen LogP contribution in [0.5, 0.6) is 0 Å². The van der Waals surface area contributed by atoms with Crippen LogP contribution >= 0.6 is 0 Å². The van der Waals surface area contributed by atoms with Gasteiger partial charge in [0.15, 0.2) is 0 Å². The second-order valence-electron chi connectivity index (χ2n) is 5.94. The summed E-state index contributed by atoms with van der Waals surface area (Å²) in [5.41, 5.74) is 1.38. The molecule has 1 saturated heterocycles. The molecule has 3 rings (SSSR count). The Bertz CT molecular complexity index is 434. The highest BCUT2D eigenvalue weighted by molar-refractivity contribution is 5.46. The number of rotatable bonds is 1. The fraction of sp³-hybridized carbons (Fsp3) is 0.667. The molecule has 98 valence electrons. The lowest BCUT2D eigenvalue weighted by molar-refractivity contribution is 0.0407. The van der Waals surface area contributed by atoms with Gasteiger partial charge in [0, 0.05) is 24.7 Å². The lowest BCUT2D eigenvalue weighted by Gasteiger charge is -2.43. The SMILES string of the molecule is Cc1cccnc1N1CCC[C@]2(CCC[C@H]2O)C1. The normalized spacial score (nSPS) is 32.1. The third kappa shape index (κ3) is 1.91. The van der Waals surface area contributed by atoms with Crippen molar-refractivity contribution in [3.05, 3.63) is 23.9 Å². The van der Waals surface area contributed by atoms with Crippen LogP contribution in [0.3, 0.4) is 0 Å². The Labute approximate surface area is 109 Å². The molecule has 1 aromatic rings. The van der Waals surface area contributed by atoms with Crippen LogP contribution in [0, 0.1) is 12.3 Å². The number of hydrogen-bond donors (Lipinski definition) is 1. The summed E-state index contributed by atoms with van der Waals surface area (Å²) in [6, 6.07) is 4.11. The van der Waals surface area contributed by atoms with Gasteiger partial charge >= 0.3 is 0 Å². The molecule has 1 aromatic heterocycles. The Morgan fingerprint density at radius 2 is 2.22 bits per heavy atom. The van der Waals surface area contributed by atoms with Crippen molar-refractivity contribution in [1.82, 2.24) is 4.98 Å². The minimum atomic E-state index is -0.107. The first-order valence-corrected chi connectivity index (χ1v) is 7.06. The van der Waals surface area contributed by atoms with Gasteiger partial charge in [0.05, 0.1) is 6.10 Å². The van der Waals surface area contributed by atoms with E-state index in [0.717, 1.165) is 25.3 Å². The fourth-order valence-electron chi connectivity index (χ4n) is 3.75. The summed E-state index contributed by atoms with van der Waals surface area (Å²) in [6.45, 7) is 4.17. The largest absolute Gasteiger partial charge is 0.392 e. The Balaban J connectivity index is 1.85. The van der Waals surface area contributed by atoms with Gasteiger partial charge in [-0.15, -0.1) is 0 Å². The quantitative estimate of drug-likeness (QED) is 0.827. The van der Waals surface area contributed by atoms with Gasteiger partial charge in [-0.3, -0.25) is 0 Å². The van der Waals surface area contributed by atoms with Crippen LogP contribution < -0.4 is 4.90 Å². The Morgan fingerprint density at radius 1 is 1.39 bits per heavy atom. The van der Waals surface area contributed by atoms with E-state index in [1.54, 1.807) is 0 Å². The van der Waals surface area contributed by atoms with Crippen molar-refractivity contribution in [1.29, 1.82) is 0 Å². The molecule has 18 heavy (non-hydrogen) atoms. The van der Waals surface area contributed by atoms with Crippen molar-refractivity contribution in [2.45, 2.75) is 45.1 Å². The molecule has 0 radical (unpaired) electrons. The summed E-state index contributed by atoms with van der Waals surface area (Å²) in [5, 5.41) is 10.3. The zero-order valence-electron chi connectivity index (χ0n) is 11.1. The van der Waals surface area contributed by atoms with Crippen molar-refractivity contribution in [3.8, 4) is 0 Å². The summed E-state index contributed by atoms with van der Waals surface area (Å²) in [7, 11) is 0. The minimum Gasteiger partial charge on any atom is -0.392 e. The summed E-state index contributed by atoms with van der Waals surface area (Å²) >= 11 is 0. The molecule has 3 nitrogen and oxygen atoms in total. The predicted molar refractivity (Wildman–Crippen MR) is 72.7 cm³/mol. The maximum atomic E-state index is 10.3. The number of anilines is 1. The molecule has 2 heterocycles. The van der Waals surface area contributed by atoms with Crippen molar-refractivity contribution in [3.63, 3.8) is 0 Å². The third-order valence-electron chi connectivity index (χ3n) is 4.75. The monoisotopic (exact) mass is 246 g/mol. The molecule has 1 saturated carbocycles. The molecule has 2 fully saturated rings. The number of aryl methyl sites for hydroxylation is 1. The van der Waals surface area contributed by atoms with Gasteiger partial charge < -0.3 is 10.0 Å². The molecule has 2 atom stereocenters. The third-order valence-corrected chi connectivity index (χ3v) is 4.75. The summed E-state index contributed by atoms with van der Waals surface area (Å²) < 4.78 is 0. The number of hydrogen-bond acceptors (Lipinski definition) is 3. The smallest absolute Gasteiger partial charge is 0.131 e. The molecule has 1 spiro atoms. The lowest BCUT2D eigenvalue weighted by atomic mass is 9.76. The lowest BCUT2D eigenvalue weighted by Crippen LogP contribution is -2.47. The van der Waals surface area contributed by atoms with Crippen LogP contribution in [0.15, 0.2) is 18.3 Å². The van der Waals surface area contributed by atoms with Gasteiger partial charge in [0.1, 0.15) is 5.82 Å². The molecule has 0 aromatic carbocycles. The van der Waals surface area contributed by atoms with Crippen LogP contribution in [-0.4, -0.2) is 29.3 Å². The first kappa shape index (κ1) is 12.0. The molecule has 1 aliphatic heterocycles. The van der Waals surface area contributed by atoms with Crippen molar-refractivity contribution >= 4 is 5.82 Å². The number of nitrogens with zero attached hydrogens (tertiary/aromatic N) is 2. The van der Waals surface area contributed by atoms with Crippen LogP contribution in [0.4, 0.5) is 5.82 Å². The van der Waals surface area contributed by atoms with E-state index in [-0.39, 0.29) is 11.5 Å². The second-order valence-corrected chi connectivity index (χ2v) is 5.94. The van der Waals surface area contributed by atoms with E-state index < -0.39 is 0 Å². The molecule has 0 unspecified atom stereocenters. The Kier molecular flexibility index (Phi) is 3.02. The van der Waals surface area contributed by atoms with Gasteiger partial charge in [0.2, 0.25) is 0 Å². The van der Waals surface area contributed by atoms with E-state index in [2.05, 4.69) is 22.9 Å². The first-order chi connectivity index (χ1) is 8.71. The van der Waals surface area contributed by atoms with Crippen molar-refractivity contribution < 1.29 is 5.11 Å². The number of piperidine rings is 1. The van der Waals surface area contributed by atoms with E-state index in [9.17, 15) is 5.11 Å². The average molecular weight is 246 g/mol. The number of aliphatic hydroxyl groups excluding tert-OH is 1. The highest BCUT2D eigenvalue weighted by Crippen LogP contribution is 2.45. The van der Waals surface area contributed by atoms with E-state index in [1.165, 1.54) is 31.2 Å². The number of pyridine rings is 1. The van der Waals surface area contributed by atoms with Crippen LogP contribution in [0.1, 0.15) is 37.7 Å². The van der Waals surface area contributed by atoms with E-state index in [4.69, 9.17) is 0 Å². The van der Waals surface area contributed by atoms with E-state index >= 15 is 0 Å². The van der Waals surface area contributed by atoms with Gasteiger partial charge in [-0.1, -0.05) is 12.5 Å². The van der Waals surface area contributed by atoms with Crippen molar-refractivity contribution in [2.24, 2.45) is 5.41 Å². The minimum absolute atomic E-state index is 0.107. The summed E-state index contributed by atoms with van der Waals surface area (Å²) in [6.07, 6.45) is 7.45. The van der Waals surface area contributed by atoms with Crippen LogP contribution in [0.25, 0.3) is 0 Å². The number of aromatic nitrogens is 1. The first-order valence-electron chi connectivity index (χ1n) is 7.06. The molecule has 0 bridgehead atoms. The van der Waals surface area contributed by atoms with Crippen LogP contribution in [0.2, 0.25) is 0 Å². The number of aliphatic hydroxyl groups is 1. The predicted octanol–water partition coefficient (Wildman–Crippen LogP) is 2.52. The second kappa shape index (κ2) is 4.54. The molecule has 2 aliphatic rings. The Hall–Kier alpha value is -1.09. The maximum Gasteiger partial charge on any atom is 0.131 e. The van der Waals surface area contributed by atoms with Crippen molar-refractivity contribution in [2.75, 3.05) is 18.0 Å². The Morgan fingerprint density at radius 3 is 2.94 bits per heavy atom. The van der Waals surface area contributed by atoms with E-state index in [1.807, 2.05) is 12.3 Å². The van der Waals surface area contributed by atoms with Gasteiger partial charge in [0.25, 0.3) is 0 Å². The van der Waals surface area contributed by atoms with Gasteiger partial charge in [-0.2, -0.15) is 0 Å². The zero-order valence-corrected chi connectivity index (χ0v) is 11.1. The molecule has 1 N–H and O–H groups in total. The van der Waals surface area contributed by atoms with E-state index in [0.29, 0.717) is 0 Å². The fourth-order valence-corrected chi connectivity index (χ4v) is 3.75. The summed E-state index contributed by atoms with van der Waals surface area (Å²) in [5.74, 6) is 1.11. The van der Waals surface area contributed by atoms with Gasteiger partial charge in [-0.05, 0) is 44.2 Å². The maximum absolute atomic E-state index is 10.3. The standard InChI is InChI=1S/C15H22N2O/c1-12-5-3-9-16-14(12)17-10-4-8-15(11-17)7-2-6-13(15)18/h3,5,9,13,18H,2,4,6-8,10-11H2,1H3/t13-,15-/m1/s1. The topological polar surface area (TPSA) is 36.4 Å². The molecule has 1 aliphatic carbocycles.